The molecule has 0 N–H and O–H groups in total. The topological polar surface area (TPSA) is 34.5 Å². The minimum Gasteiger partial charge on any atom is -0.385 e. The summed E-state index contributed by atoms with van der Waals surface area (Å²) in [5.74, 6) is -0.0664. The van der Waals surface area contributed by atoms with Crippen LogP contribution in [0.4, 0.5) is 0 Å². The zero-order valence-corrected chi connectivity index (χ0v) is 16.1. The van der Waals surface area contributed by atoms with Crippen LogP contribution in [0, 0.1) is 0 Å². The summed E-state index contributed by atoms with van der Waals surface area (Å²) >= 11 is 12.3. The van der Waals surface area contributed by atoms with E-state index in [4.69, 9.17) is 27.9 Å². The first-order valence-corrected chi connectivity index (χ1v) is 9.13. The average molecular weight is 383 g/mol. The minimum absolute atomic E-state index is 0.0664. The van der Waals surface area contributed by atoms with E-state index in [2.05, 4.69) is 4.57 Å². The molecule has 1 aromatic heterocycles. The predicted octanol–water partition coefficient (Wildman–Crippen LogP) is 4.18. The highest BCUT2D eigenvalue weighted by Gasteiger charge is 2.19. The van der Waals surface area contributed by atoms with E-state index in [1.54, 1.807) is 18.9 Å². The van der Waals surface area contributed by atoms with E-state index in [1.807, 2.05) is 42.6 Å². The summed E-state index contributed by atoms with van der Waals surface area (Å²) in [5, 5.41) is 0.194. The molecule has 2 rings (SSSR count). The number of alkyl halides is 1. The molecule has 4 nitrogen and oxygen atoms in total. The molecule has 136 valence electrons. The van der Waals surface area contributed by atoms with Crippen LogP contribution in [-0.4, -0.2) is 41.0 Å². The molecule has 25 heavy (non-hydrogen) atoms. The van der Waals surface area contributed by atoms with Crippen molar-refractivity contribution in [3.05, 3.63) is 58.9 Å². The van der Waals surface area contributed by atoms with Crippen molar-refractivity contribution in [2.45, 2.75) is 31.8 Å². The van der Waals surface area contributed by atoms with Gasteiger partial charge in [0, 0.05) is 43.7 Å². The summed E-state index contributed by atoms with van der Waals surface area (Å²) in [4.78, 5) is 14.2. The summed E-state index contributed by atoms with van der Waals surface area (Å²) in [6, 6.07) is 11.8. The molecule has 0 aliphatic carbocycles. The van der Waals surface area contributed by atoms with E-state index in [0.29, 0.717) is 26.2 Å². The Morgan fingerprint density at radius 1 is 1.28 bits per heavy atom. The number of halogens is 2. The second-order valence-corrected chi connectivity index (χ2v) is 7.00. The van der Waals surface area contributed by atoms with Gasteiger partial charge in [0.2, 0.25) is 5.91 Å². The molecule has 0 radical (unpaired) electrons. The Bertz CT molecular complexity index is 686. The van der Waals surface area contributed by atoms with E-state index in [-0.39, 0.29) is 5.91 Å². The molecular weight excluding hydrogens is 359 g/mol. The third-order valence-electron chi connectivity index (χ3n) is 4.00. The second kappa shape index (κ2) is 9.85. The Kier molecular flexibility index (Phi) is 7.82. The lowest BCUT2D eigenvalue weighted by Gasteiger charge is -2.24. The number of ether oxygens (including phenoxy) is 1. The van der Waals surface area contributed by atoms with Crippen molar-refractivity contribution in [2.24, 2.45) is 0 Å². The highest BCUT2D eigenvalue weighted by molar-refractivity contribution is 6.31. The van der Waals surface area contributed by atoms with Crippen molar-refractivity contribution in [3.8, 4) is 0 Å². The maximum absolute atomic E-state index is 12.4. The fraction of sp³-hybridized carbons (Fsp3) is 0.421. The summed E-state index contributed by atoms with van der Waals surface area (Å²) < 4.78 is 7.20. The Hall–Kier alpha value is -1.49. The van der Waals surface area contributed by atoms with Gasteiger partial charge in [0.1, 0.15) is 5.38 Å². The van der Waals surface area contributed by atoms with Gasteiger partial charge in [-0.3, -0.25) is 4.79 Å². The summed E-state index contributed by atoms with van der Waals surface area (Å²) in [5.41, 5.74) is 2.09. The van der Waals surface area contributed by atoms with Gasteiger partial charge in [-0.2, -0.15) is 0 Å². The zero-order chi connectivity index (χ0) is 18.2. The Morgan fingerprint density at radius 2 is 2.04 bits per heavy atom. The van der Waals surface area contributed by atoms with Crippen LogP contribution in [0.5, 0.6) is 0 Å². The van der Waals surface area contributed by atoms with Gasteiger partial charge < -0.3 is 14.2 Å². The number of benzene rings is 1. The number of nitrogens with zero attached hydrogens (tertiary/aromatic N) is 2. The van der Waals surface area contributed by atoms with E-state index in [1.165, 1.54) is 0 Å². The van der Waals surface area contributed by atoms with Crippen molar-refractivity contribution in [2.75, 3.05) is 20.3 Å². The molecule has 0 saturated heterocycles. The smallest absolute Gasteiger partial charge is 0.240 e. The Balaban J connectivity index is 2.12. The molecule has 0 bridgehead atoms. The molecule has 0 aliphatic heterocycles. The highest BCUT2D eigenvalue weighted by Crippen LogP contribution is 2.18. The highest BCUT2D eigenvalue weighted by atomic mass is 35.5. The number of hydrogen-bond acceptors (Lipinski definition) is 2. The second-order valence-electron chi connectivity index (χ2n) is 5.94. The van der Waals surface area contributed by atoms with Gasteiger partial charge in [0.15, 0.2) is 0 Å². The molecule has 6 heteroatoms. The van der Waals surface area contributed by atoms with Crippen LogP contribution >= 0.6 is 23.2 Å². The van der Waals surface area contributed by atoms with E-state index in [9.17, 15) is 4.79 Å². The van der Waals surface area contributed by atoms with Crippen molar-refractivity contribution < 1.29 is 9.53 Å². The Morgan fingerprint density at radius 3 is 2.72 bits per heavy atom. The van der Waals surface area contributed by atoms with Crippen molar-refractivity contribution in [1.82, 2.24) is 9.47 Å². The molecule has 1 amide bonds. The fourth-order valence-corrected chi connectivity index (χ4v) is 3.00. The van der Waals surface area contributed by atoms with Crippen LogP contribution in [0.2, 0.25) is 5.02 Å². The lowest BCUT2D eigenvalue weighted by molar-refractivity contribution is -0.131. The number of hydrogen-bond donors (Lipinski definition) is 0. The van der Waals surface area contributed by atoms with Gasteiger partial charge in [-0.1, -0.05) is 29.8 Å². The summed E-state index contributed by atoms with van der Waals surface area (Å²) in [7, 11) is 1.66. The zero-order valence-electron chi connectivity index (χ0n) is 14.6. The molecule has 0 saturated carbocycles. The molecule has 0 unspecified atom stereocenters. The number of aromatic nitrogens is 1. The Labute approximate surface area is 159 Å². The van der Waals surface area contributed by atoms with Crippen LogP contribution in [0.25, 0.3) is 0 Å². The summed E-state index contributed by atoms with van der Waals surface area (Å²) in [6.45, 7) is 4.10. The first-order valence-electron chi connectivity index (χ1n) is 8.32. The lowest BCUT2D eigenvalue weighted by atomic mass is 10.2. The number of carbonyl (C=O) groups excluding carboxylic acids is 1. The van der Waals surface area contributed by atoms with Crippen molar-refractivity contribution in [1.29, 1.82) is 0 Å². The average Bonchev–Trinajstić information content (AvgIpc) is 3.02. The third kappa shape index (κ3) is 5.77. The number of carbonyl (C=O) groups is 1. The van der Waals surface area contributed by atoms with Crippen molar-refractivity contribution in [3.63, 3.8) is 0 Å². The monoisotopic (exact) mass is 382 g/mol. The number of rotatable bonds is 9. The quantitative estimate of drug-likeness (QED) is 0.481. The van der Waals surface area contributed by atoms with Crippen LogP contribution < -0.4 is 0 Å². The molecule has 2 aromatic rings. The number of amides is 1. The molecule has 0 aliphatic rings. The van der Waals surface area contributed by atoms with Crippen LogP contribution in [0.1, 0.15) is 24.6 Å². The molecule has 0 spiro atoms. The number of methoxy groups -OCH3 is 1. The van der Waals surface area contributed by atoms with E-state index >= 15 is 0 Å². The van der Waals surface area contributed by atoms with Crippen LogP contribution in [-0.2, 0) is 22.6 Å². The molecule has 1 heterocycles. The molecule has 1 aromatic carbocycles. The molecule has 0 fully saturated rings. The minimum atomic E-state index is -0.547. The lowest BCUT2D eigenvalue weighted by Crippen LogP contribution is -2.37. The molecular formula is C19H24Cl2N2O2. The first kappa shape index (κ1) is 19.8. The SMILES string of the molecule is COCCCN(Cc1cccn1Cc1ccccc1Cl)C(=O)[C@@H](C)Cl. The predicted molar refractivity (Wildman–Crippen MR) is 102 cm³/mol. The summed E-state index contributed by atoms with van der Waals surface area (Å²) in [6.07, 6.45) is 2.78. The van der Waals surface area contributed by atoms with Gasteiger partial charge in [0.05, 0.1) is 6.54 Å². The van der Waals surface area contributed by atoms with E-state index < -0.39 is 5.38 Å². The third-order valence-corrected chi connectivity index (χ3v) is 4.56. The molecule has 1 atom stereocenters. The van der Waals surface area contributed by atoms with Crippen molar-refractivity contribution >= 4 is 29.1 Å². The fourth-order valence-electron chi connectivity index (χ4n) is 2.67. The van der Waals surface area contributed by atoms with Crippen LogP contribution in [0.3, 0.4) is 0 Å². The standard InChI is InChI=1S/C19H24Cl2N2O2/c1-15(20)19(24)23(11-6-12-25-2)14-17-8-5-10-22(17)13-16-7-3-4-9-18(16)21/h3-5,7-10,15H,6,11-14H2,1-2H3/t15-/m1/s1. The van der Waals surface area contributed by atoms with Gasteiger partial charge in [-0.15, -0.1) is 11.6 Å². The van der Waals surface area contributed by atoms with Gasteiger partial charge >= 0.3 is 0 Å². The van der Waals surface area contributed by atoms with Crippen LogP contribution in [0.15, 0.2) is 42.6 Å². The normalized spacial score (nSPS) is 12.2. The first-order chi connectivity index (χ1) is 12.0. The largest absolute Gasteiger partial charge is 0.385 e. The van der Waals surface area contributed by atoms with Gasteiger partial charge in [-0.25, -0.2) is 0 Å². The maximum Gasteiger partial charge on any atom is 0.240 e. The van der Waals surface area contributed by atoms with E-state index in [0.717, 1.165) is 22.7 Å². The maximum atomic E-state index is 12.4. The van der Waals surface area contributed by atoms with Gasteiger partial charge in [-0.05, 0) is 37.1 Å². The van der Waals surface area contributed by atoms with Gasteiger partial charge in [0.25, 0.3) is 0 Å².